The van der Waals surface area contributed by atoms with Crippen molar-refractivity contribution in [2.45, 2.75) is 6.18 Å². The Balaban J connectivity index is 2.97. The van der Waals surface area contributed by atoms with E-state index >= 15 is 0 Å². The minimum Gasteiger partial charge on any atom is -0.233 e. The van der Waals surface area contributed by atoms with Crippen LogP contribution in [0, 0.1) is 6.33 Å². The summed E-state index contributed by atoms with van der Waals surface area (Å²) in [6.45, 7) is 0. The van der Waals surface area contributed by atoms with Gasteiger partial charge < -0.3 is 0 Å². The highest BCUT2D eigenvalue weighted by Crippen LogP contribution is 2.27. The smallest absolute Gasteiger partial charge is 0.233 e. The Morgan fingerprint density at radius 2 is 1.70 bits per heavy atom. The molecule has 10 heavy (non-hydrogen) atoms. The lowest BCUT2D eigenvalue weighted by atomic mass is 10.3. The molecule has 1 aromatic heterocycles. The molecule has 1 rings (SSSR count). The van der Waals surface area contributed by atoms with Crippen LogP contribution in [0.4, 0.5) is 13.2 Å². The summed E-state index contributed by atoms with van der Waals surface area (Å²) in [7, 11) is 0. The highest BCUT2D eigenvalue weighted by molar-refractivity contribution is 5.06. The van der Waals surface area contributed by atoms with E-state index in [-0.39, 0.29) is 0 Å². The van der Waals surface area contributed by atoms with E-state index in [2.05, 4.69) is 9.97 Å². The summed E-state index contributed by atoms with van der Waals surface area (Å²) in [6.07, 6.45) is -1.00. The molecule has 0 aliphatic rings. The van der Waals surface area contributed by atoms with Crippen molar-refractivity contribution in [3.63, 3.8) is 0 Å². The molecule has 0 saturated carbocycles. The van der Waals surface area contributed by atoms with Gasteiger partial charge in [-0.15, -0.1) is 0 Å². The Hall–Kier alpha value is -1.13. The molecule has 53 valence electrons. The second-order valence-corrected chi connectivity index (χ2v) is 1.57. The van der Waals surface area contributed by atoms with Crippen LogP contribution in [0.3, 0.4) is 0 Å². The average Bonchev–Trinajstić information content (AvgIpc) is 1.88. The van der Waals surface area contributed by atoms with Crippen LogP contribution < -0.4 is 0 Å². The summed E-state index contributed by atoms with van der Waals surface area (Å²) in [6, 6.07) is 0. The van der Waals surface area contributed by atoms with Gasteiger partial charge in [-0.2, -0.15) is 13.2 Å². The minimum absolute atomic E-state index is 0.674. The van der Waals surface area contributed by atoms with Crippen molar-refractivity contribution in [2.24, 2.45) is 0 Å². The molecule has 0 spiro atoms. The zero-order valence-electron chi connectivity index (χ0n) is 4.68. The number of hydrogen-bond donors (Lipinski definition) is 0. The van der Waals surface area contributed by atoms with Crippen LogP contribution in [0.5, 0.6) is 0 Å². The number of hydrogen-bond acceptors (Lipinski definition) is 2. The maximum absolute atomic E-state index is 11.7. The molecule has 0 aliphatic carbocycles. The van der Waals surface area contributed by atoms with Crippen LogP contribution in [0.15, 0.2) is 12.4 Å². The zero-order valence-corrected chi connectivity index (χ0v) is 4.68. The van der Waals surface area contributed by atoms with E-state index in [1.54, 1.807) is 0 Å². The molecule has 0 unspecified atom stereocenters. The molecule has 0 amide bonds. The molecular formula is C5H2F3N2. The SMILES string of the molecule is FC(F)(F)c1cn[c]nc1. The van der Waals surface area contributed by atoms with Crippen LogP contribution >= 0.6 is 0 Å². The maximum atomic E-state index is 11.7. The topological polar surface area (TPSA) is 25.8 Å². The monoisotopic (exact) mass is 147 g/mol. The predicted octanol–water partition coefficient (Wildman–Crippen LogP) is 1.30. The predicted molar refractivity (Wildman–Crippen MR) is 25.9 cm³/mol. The van der Waals surface area contributed by atoms with E-state index in [0.717, 1.165) is 0 Å². The van der Waals surface area contributed by atoms with E-state index < -0.39 is 11.7 Å². The van der Waals surface area contributed by atoms with E-state index in [1.807, 2.05) is 6.33 Å². The van der Waals surface area contributed by atoms with Gasteiger partial charge in [0.15, 0.2) is 6.33 Å². The molecule has 0 atom stereocenters. The lowest BCUT2D eigenvalue weighted by Gasteiger charge is -2.02. The molecule has 1 heterocycles. The number of halogens is 3. The molecule has 0 saturated heterocycles. The van der Waals surface area contributed by atoms with Gasteiger partial charge in [0.2, 0.25) is 0 Å². The van der Waals surface area contributed by atoms with Crippen LogP contribution in [0.1, 0.15) is 5.56 Å². The Morgan fingerprint density at radius 1 is 1.20 bits per heavy atom. The summed E-state index contributed by atoms with van der Waals surface area (Å²) < 4.78 is 35.1. The molecule has 2 nitrogen and oxygen atoms in total. The molecule has 5 heteroatoms. The van der Waals surface area contributed by atoms with Crippen LogP contribution in [-0.4, -0.2) is 9.97 Å². The fourth-order valence-corrected chi connectivity index (χ4v) is 0.410. The largest absolute Gasteiger partial charge is 0.419 e. The van der Waals surface area contributed by atoms with Crippen LogP contribution in [-0.2, 0) is 6.18 Å². The third-order valence-electron chi connectivity index (χ3n) is 0.850. The first-order valence-corrected chi connectivity index (χ1v) is 2.36. The summed E-state index contributed by atoms with van der Waals surface area (Å²) >= 11 is 0. The van der Waals surface area contributed by atoms with Gasteiger partial charge >= 0.3 is 6.18 Å². The van der Waals surface area contributed by atoms with Gasteiger partial charge in [-0.05, 0) is 0 Å². The van der Waals surface area contributed by atoms with Crippen molar-refractivity contribution < 1.29 is 13.2 Å². The Bertz CT molecular complexity index is 206. The van der Waals surface area contributed by atoms with Crippen molar-refractivity contribution in [3.05, 3.63) is 24.3 Å². The standard InChI is InChI=1S/C5H2F3N2/c6-5(7,8)4-1-9-3-10-2-4/h1-2H. The summed E-state index contributed by atoms with van der Waals surface area (Å²) in [5.41, 5.74) is -0.855. The molecule has 0 N–H and O–H groups in total. The Morgan fingerprint density at radius 3 is 2.00 bits per heavy atom. The van der Waals surface area contributed by atoms with Crippen LogP contribution in [0.25, 0.3) is 0 Å². The van der Waals surface area contributed by atoms with Gasteiger partial charge in [0, 0.05) is 12.4 Å². The summed E-state index contributed by atoms with van der Waals surface area (Å²) in [5, 5.41) is 0. The Kier molecular flexibility index (Phi) is 1.57. The Labute approximate surface area is 54.7 Å². The normalized spacial score (nSPS) is 11.5. The zero-order chi connectivity index (χ0) is 7.61. The van der Waals surface area contributed by atoms with Crippen molar-refractivity contribution >= 4 is 0 Å². The van der Waals surface area contributed by atoms with Gasteiger partial charge in [0.25, 0.3) is 0 Å². The highest BCUT2D eigenvalue weighted by Gasteiger charge is 2.30. The maximum Gasteiger partial charge on any atom is 0.419 e. The summed E-state index contributed by atoms with van der Waals surface area (Å²) in [5.74, 6) is 0. The first-order valence-electron chi connectivity index (χ1n) is 2.36. The van der Waals surface area contributed by atoms with Crippen molar-refractivity contribution in [2.75, 3.05) is 0 Å². The summed E-state index contributed by atoms with van der Waals surface area (Å²) in [4.78, 5) is 6.19. The number of rotatable bonds is 0. The van der Waals surface area contributed by atoms with Gasteiger partial charge in [-0.25, -0.2) is 9.97 Å². The van der Waals surface area contributed by atoms with Gasteiger partial charge in [-0.3, -0.25) is 0 Å². The second-order valence-electron chi connectivity index (χ2n) is 1.57. The molecule has 0 aliphatic heterocycles. The van der Waals surface area contributed by atoms with Gasteiger partial charge in [0.1, 0.15) is 0 Å². The van der Waals surface area contributed by atoms with E-state index in [0.29, 0.717) is 12.4 Å². The quantitative estimate of drug-likeness (QED) is 0.552. The molecule has 0 bridgehead atoms. The molecule has 0 aromatic carbocycles. The van der Waals surface area contributed by atoms with Crippen LogP contribution in [0.2, 0.25) is 0 Å². The van der Waals surface area contributed by atoms with Gasteiger partial charge in [-0.1, -0.05) is 0 Å². The average molecular weight is 147 g/mol. The lowest BCUT2D eigenvalue weighted by molar-refractivity contribution is -0.138. The molecular weight excluding hydrogens is 145 g/mol. The van der Waals surface area contributed by atoms with Crippen molar-refractivity contribution in [3.8, 4) is 0 Å². The number of nitrogens with zero attached hydrogens (tertiary/aromatic N) is 2. The third kappa shape index (κ3) is 1.43. The third-order valence-corrected chi connectivity index (χ3v) is 0.850. The second kappa shape index (κ2) is 2.24. The van der Waals surface area contributed by atoms with Crippen molar-refractivity contribution in [1.82, 2.24) is 9.97 Å². The first kappa shape index (κ1) is 6.98. The lowest BCUT2D eigenvalue weighted by Crippen LogP contribution is -2.05. The number of aromatic nitrogens is 2. The van der Waals surface area contributed by atoms with Gasteiger partial charge in [0.05, 0.1) is 5.56 Å². The molecule has 0 fully saturated rings. The van der Waals surface area contributed by atoms with E-state index in [1.165, 1.54) is 0 Å². The first-order chi connectivity index (χ1) is 4.61. The molecule has 1 radical (unpaired) electrons. The fourth-order valence-electron chi connectivity index (χ4n) is 0.410. The van der Waals surface area contributed by atoms with E-state index in [9.17, 15) is 13.2 Å². The van der Waals surface area contributed by atoms with E-state index in [4.69, 9.17) is 0 Å². The number of alkyl halides is 3. The highest BCUT2D eigenvalue weighted by atomic mass is 19.4. The molecule has 1 aromatic rings. The fraction of sp³-hybridized carbons (Fsp3) is 0.200. The van der Waals surface area contributed by atoms with Crippen molar-refractivity contribution in [1.29, 1.82) is 0 Å². The minimum atomic E-state index is -4.35.